The van der Waals surface area contributed by atoms with Crippen molar-refractivity contribution in [3.8, 4) is 67.3 Å². The van der Waals surface area contributed by atoms with Crippen molar-refractivity contribution in [3.05, 3.63) is 169 Å². The van der Waals surface area contributed by atoms with Gasteiger partial charge in [0.2, 0.25) is 0 Å². The van der Waals surface area contributed by atoms with Gasteiger partial charge in [0.25, 0.3) is 0 Å². The fourth-order valence-electron chi connectivity index (χ4n) is 6.67. The molecule has 8 rings (SSSR count). The maximum Gasteiger partial charge on any atom is 0.160 e. The molecule has 0 atom stereocenters. The van der Waals surface area contributed by atoms with Crippen molar-refractivity contribution in [3.63, 3.8) is 0 Å². The lowest BCUT2D eigenvalue weighted by Gasteiger charge is -2.22. The number of fused-ring (bicyclic) bond motifs is 3. The van der Waals surface area contributed by atoms with Crippen molar-refractivity contribution in [2.45, 2.75) is 19.3 Å². The second kappa shape index (κ2) is 10.8. The molecule has 2 nitrogen and oxygen atoms in total. The van der Waals surface area contributed by atoms with Crippen LogP contribution in [0.1, 0.15) is 25.0 Å². The van der Waals surface area contributed by atoms with Crippen LogP contribution in [0.2, 0.25) is 0 Å². The molecule has 0 amide bonds. The zero-order valence-electron chi connectivity index (χ0n) is 25.4. The lowest BCUT2D eigenvalue weighted by atomic mass is 9.81. The van der Waals surface area contributed by atoms with Gasteiger partial charge in [0.15, 0.2) is 5.82 Å². The Hall–Kier alpha value is -5.60. The van der Waals surface area contributed by atoms with E-state index in [4.69, 9.17) is 9.97 Å². The molecule has 0 saturated heterocycles. The summed E-state index contributed by atoms with van der Waals surface area (Å²) in [5, 5.41) is 0. The first-order valence-electron chi connectivity index (χ1n) is 15.5. The van der Waals surface area contributed by atoms with Crippen LogP contribution in [0, 0.1) is 0 Å². The van der Waals surface area contributed by atoms with E-state index in [0.717, 1.165) is 33.9 Å². The van der Waals surface area contributed by atoms with Gasteiger partial charge in [0, 0.05) is 22.1 Å². The molecule has 0 spiro atoms. The SMILES string of the molecule is CC1(C)c2ccccc2-c2ccc(-c3cccc(-c4cc(-c5ccc(-c6ccccc6)cc5)nc(-c5ccccc5)n4)c3)cc21. The Morgan fingerprint density at radius 1 is 0.356 bits per heavy atom. The van der Waals surface area contributed by atoms with Gasteiger partial charge in [-0.25, -0.2) is 9.97 Å². The Kier molecular flexibility index (Phi) is 6.50. The van der Waals surface area contributed by atoms with Crippen LogP contribution in [-0.2, 0) is 5.41 Å². The number of hydrogen-bond donors (Lipinski definition) is 0. The molecule has 2 heteroatoms. The van der Waals surface area contributed by atoms with E-state index < -0.39 is 0 Å². The van der Waals surface area contributed by atoms with Crippen molar-refractivity contribution in [2.24, 2.45) is 0 Å². The molecule has 0 N–H and O–H groups in total. The van der Waals surface area contributed by atoms with E-state index >= 15 is 0 Å². The normalized spacial score (nSPS) is 12.8. The smallest absolute Gasteiger partial charge is 0.160 e. The number of benzene rings is 6. The largest absolute Gasteiger partial charge is 0.228 e. The highest BCUT2D eigenvalue weighted by Gasteiger charge is 2.35. The van der Waals surface area contributed by atoms with Crippen LogP contribution in [0.4, 0.5) is 0 Å². The Morgan fingerprint density at radius 2 is 0.867 bits per heavy atom. The van der Waals surface area contributed by atoms with E-state index in [9.17, 15) is 0 Å². The average molecular weight is 577 g/mol. The van der Waals surface area contributed by atoms with E-state index in [2.05, 4.69) is 147 Å². The van der Waals surface area contributed by atoms with Crippen LogP contribution >= 0.6 is 0 Å². The maximum atomic E-state index is 5.10. The molecule has 0 aliphatic heterocycles. The summed E-state index contributed by atoms with van der Waals surface area (Å²) in [4.78, 5) is 10.1. The first kappa shape index (κ1) is 27.0. The minimum Gasteiger partial charge on any atom is -0.228 e. The summed E-state index contributed by atoms with van der Waals surface area (Å²) in [6.45, 7) is 4.66. The molecule has 1 aromatic heterocycles. The van der Waals surface area contributed by atoms with Crippen LogP contribution in [0.5, 0.6) is 0 Å². The van der Waals surface area contributed by atoms with Crippen LogP contribution < -0.4 is 0 Å². The van der Waals surface area contributed by atoms with Crippen molar-refractivity contribution >= 4 is 0 Å². The molecule has 1 heterocycles. The van der Waals surface area contributed by atoms with Crippen molar-refractivity contribution in [1.29, 1.82) is 0 Å². The van der Waals surface area contributed by atoms with Crippen LogP contribution in [-0.4, -0.2) is 9.97 Å². The summed E-state index contributed by atoms with van der Waals surface area (Å²) in [5.74, 6) is 0.720. The molecule has 0 unspecified atom stereocenters. The molecule has 0 radical (unpaired) electrons. The number of nitrogens with zero attached hydrogens (tertiary/aromatic N) is 2. The average Bonchev–Trinajstić information content (AvgIpc) is 3.34. The first-order chi connectivity index (χ1) is 22.0. The Labute approximate surface area is 264 Å². The van der Waals surface area contributed by atoms with Crippen LogP contribution in [0.15, 0.2) is 158 Å². The number of hydrogen-bond acceptors (Lipinski definition) is 2. The minimum atomic E-state index is -0.0399. The summed E-state index contributed by atoms with van der Waals surface area (Å²) in [7, 11) is 0. The fraction of sp³-hybridized carbons (Fsp3) is 0.0698. The zero-order chi connectivity index (χ0) is 30.4. The summed E-state index contributed by atoms with van der Waals surface area (Å²) >= 11 is 0. The van der Waals surface area contributed by atoms with E-state index in [-0.39, 0.29) is 5.41 Å². The third kappa shape index (κ3) is 4.85. The zero-order valence-corrected chi connectivity index (χ0v) is 25.4. The molecule has 6 aromatic carbocycles. The van der Waals surface area contributed by atoms with E-state index in [1.807, 2.05) is 24.3 Å². The molecule has 7 aromatic rings. The molecule has 0 bridgehead atoms. The minimum absolute atomic E-state index is 0.0399. The lowest BCUT2D eigenvalue weighted by molar-refractivity contribution is 0.660. The standard InChI is InChI=1S/C43H32N2/c1-43(2)38-19-10-9-18-36(38)37-25-24-34(27-39(37)43)33-16-11-17-35(26-33)41-28-40(44-42(45-41)32-14-7-4-8-15-32)31-22-20-30(21-23-31)29-12-5-3-6-13-29/h3-28H,1-2H3. The highest BCUT2D eigenvalue weighted by atomic mass is 14.9. The molecule has 0 fully saturated rings. The quantitative estimate of drug-likeness (QED) is 0.204. The van der Waals surface area contributed by atoms with Gasteiger partial charge in [0.05, 0.1) is 11.4 Å². The summed E-state index contributed by atoms with van der Waals surface area (Å²) in [6.07, 6.45) is 0. The first-order valence-corrected chi connectivity index (χ1v) is 15.5. The maximum absolute atomic E-state index is 5.10. The molecular weight excluding hydrogens is 544 g/mol. The Bertz CT molecular complexity index is 2160. The molecule has 1 aliphatic carbocycles. The number of aromatic nitrogens is 2. The third-order valence-corrected chi connectivity index (χ3v) is 9.12. The van der Waals surface area contributed by atoms with Gasteiger partial charge in [-0.2, -0.15) is 0 Å². The molecule has 0 saturated carbocycles. The lowest BCUT2D eigenvalue weighted by Crippen LogP contribution is -2.14. The molecule has 1 aliphatic rings. The predicted molar refractivity (Wildman–Crippen MR) is 187 cm³/mol. The van der Waals surface area contributed by atoms with Gasteiger partial charge in [-0.1, -0.05) is 153 Å². The second-order valence-electron chi connectivity index (χ2n) is 12.3. The predicted octanol–water partition coefficient (Wildman–Crippen LogP) is 11.1. The van der Waals surface area contributed by atoms with E-state index in [1.54, 1.807) is 0 Å². The van der Waals surface area contributed by atoms with Gasteiger partial charge in [-0.05, 0) is 62.7 Å². The van der Waals surface area contributed by atoms with Gasteiger partial charge in [-0.3, -0.25) is 0 Å². The monoisotopic (exact) mass is 576 g/mol. The molecule has 45 heavy (non-hydrogen) atoms. The van der Waals surface area contributed by atoms with Crippen LogP contribution in [0.3, 0.4) is 0 Å². The van der Waals surface area contributed by atoms with Gasteiger partial charge < -0.3 is 0 Å². The fourth-order valence-corrected chi connectivity index (χ4v) is 6.67. The number of rotatable bonds is 5. The third-order valence-electron chi connectivity index (χ3n) is 9.12. The van der Waals surface area contributed by atoms with Gasteiger partial charge >= 0.3 is 0 Å². The van der Waals surface area contributed by atoms with Crippen LogP contribution in [0.25, 0.3) is 67.3 Å². The highest BCUT2D eigenvalue weighted by molar-refractivity contribution is 5.84. The molecular formula is C43H32N2. The summed E-state index contributed by atoms with van der Waals surface area (Å²) < 4.78 is 0. The summed E-state index contributed by atoms with van der Waals surface area (Å²) in [5.41, 5.74) is 15.1. The Morgan fingerprint density at radius 3 is 1.62 bits per heavy atom. The van der Waals surface area contributed by atoms with Crippen molar-refractivity contribution < 1.29 is 0 Å². The molecule has 214 valence electrons. The van der Waals surface area contributed by atoms with Crippen molar-refractivity contribution in [2.75, 3.05) is 0 Å². The van der Waals surface area contributed by atoms with E-state index in [0.29, 0.717) is 0 Å². The second-order valence-corrected chi connectivity index (χ2v) is 12.3. The van der Waals surface area contributed by atoms with Gasteiger partial charge in [-0.15, -0.1) is 0 Å². The highest BCUT2D eigenvalue weighted by Crippen LogP contribution is 2.49. The summed E-state index contributed by atoms with van der Waals surface area (Å²) in [6, 6.07) is 55.9. The van der Waals surface area contributed by atoms with Gasteiger partial charge in [0.1, 0.15) is 0 Å². The Balaban J connectivity index is 1.21. The topological polar surface area (TPSA) is 25.8 Å². The van der Waals surface area contributed by atoms with E-state index in [1.165, 1.54) is 44.5 Å². The van der Waals surface area contributed by atoms with Crippen molar-refractivity contribution in [1.82, 2.24) is 9.97 Å².